The van der Waals surface area contributed by atoms with E-state index < -0.39 is 5.97 Å². The monoisotopic (exact) mass is 286 g/mol. The van der Waals surface area contributed by atoms with E-state index >= 15 is 0 Å². The summed E-state index contributed by atoms with van der Waals surface area (Å²) in [4.78, 5) is 11.4. The number of ether oxygens (including phenoxy) is 1. The number of aromatic carboxylic acids is 1. The minimum atomic E-state index is -0.946. The summed E-state index contributed by atoms with van der Waals surface area (Å²) < 4.78 is 7.20. The van der Waals surface area contributed by atoms with Gasteiger partial charge in [-0.1, -0.05) is 0 Å². The van der Waals surface area contributed by atoms with Crippen molar-refractivity contribution in [3.05, 3.63) is 41.2 Å². The Kier molecular flexibility index (Phi) is 3.64. The maximum absolute atomic E-state index is 11.4. The average molecular weight is 286 g/mol. The maximum Gasteiger partial charge on any atom is 0.356 e. The molecule has 1 N–H and O–H groups in total. The number of benzene rings is 1. The highest BCUT2D eigenvalue weighted by atomic mass is 16.5. The number of hydrogen-bond donors (Lipinski definition) is 1. The van der Waals surface area contributed by atoms with Crippen molar-refractivity contribution in [1.82, 2.24) is 9.78 Å². The van der Waals surface area contributed by atoms with Crippen LogP contribution in [0.4, 0.5) is 0 Å². The van der Waals surface area contributed by atoms with Crippen molar-refractivity contribution >= 4 is 5.97 Å². The molecule has 2 aromatic rings. The predicted octanol–water partition coefficient (Wildman–Crippen LogP) is 2.85. The average Bonchev–Trinajstić information content (AvgIpc) is 2.88. The quantitative estimate of drug-likeness (QED) is 0.938. The van der Waals surface area contributed by atoms with Crippen LogP contribution in [0.1, 0.15) is 41.5 Å². The zero-order valence-corrected chi connectivity index (χ0v) is 12.0. The topological polar surface area (TPSA) is 64.4 Å². The van der Waals surface area contributed by atoms with E-state index in [1.165, 1.54) is 0 Å². The first-order valence-electron chi connectivity index (χ1n) is 7.28. The third kappa shape index (κ3) is 2.51. The zero-order valence-electron chi connectivity index (χ0n) is 12.0. The van der Waals surface area contributed by atoms with Gasteiger partial charge in [0.15, 0.2) is 5.69 Å². The van der Waals surface area contributed by atoms with Gasteiger partial charge in [-0.25, -0.2) is 9.48 Å². The normalized spacial score (nSPS) is 13.8. The Morgan fingerprint density at radius 1 is 1.29 bits per heavy atom. The van der Waals surface area contributed by atoms with E-state index in [-0.39, 0.29) is 5.69 Å². The number of hydrogen-bond acceptors (Lipinski definition) is 3. The van der Waals surface area contributed by atoms with Gasteiger partial charge in [0.25, 0.3) is 0 Å². The first kappa shape index (κ1) is 13.7. The number of fused-ring (bicyclic) bond motifs is 1. The molecule has 5 heteroatoms. The van der Waals surface area contributed by atoms with Gasteiger partial charge < -0.3 is 9.84 Å². The first-order valence-corrected chi connectivity index (χ1v) is 7.28. The van der Waals surface area contributed by atoms with Crippen LogP contribution in [0.15, 0.2) is 24.3 Å². The Labute approximate surface area is 123 Å². The van der Waals surface area contributed by atoms with Crippen LogP contribution in [0.2, 0.25) is 0 Å². The van der Waals surface area contributed by atoms with Gasteiger partial charge in [-0.15, -0.1) is 0 Å². The van der Waals surface area contributed by atoms with Gasteiger partial charge in [-0.2, -0.15) is 5.10 Å². The van der Waals surface area contributed by atoms with Crippen LogP contribution in [0.5, 0.6) is 5.75 Å². The fourth-order valence-electron chi connectivity index (χ4n) is 2.83. The van der Waals surface area contributed by atoms with Crippen molar-refractivity contribution < 1.29 is 14.6 Å². The lowest BCUT2D eigenvalue weighted by Crippen LogP contribution is -2.08. The Morgan fingerprint density at radius 3 is 2.67 bits per heavy atom. The Bertz CT molecular complexity index is 659. The molecule has 5 nitrogen and oxygen atoms in total. The largest absolute Gasteiger partial charge is 0.494 e. The second-order valence-corrected chi connectivity index (χ2v) is 5.12. The second-order valence-electron chi connectivity index (χ2n) is 5.12. The molecule has 1 aliphatic rings. The van der Waals surface area contributed by atoms with Crippen LogP contribution < -0.4 is 4.74 Å². The summed E-state index contributed by atoms with van der Waals surface area (Å²) in [5.74, 6) is -0.140. The number of aromatic nitrogens is 2. The molecule has 0 amide bonds. The summed E-state index contributed by atoms with van der Waals surface area (Å²) in [5.41, 5.74) is 2.99. The summed E-state index contributed by atoms with van der Waals surface area (Å²) in [6, 6.07) is 7.60. The van der Waals surface area contributed by atoms with Crippen molar-refractivity contribution in [2.24, 2.45) is 0 Å². The number of carbonyl (C=O) groups is 1. The van der Waals surface area contributed by atoms with Gasteiger partial charge in [0.05, 0.1) is 12.3 Å². The smallest absolute Gasteiger partial charge is 0.356 e. The van der Waals surface area contributed by atoms with Gasteiger partial charge in [0.1, 0.15) is 5.75 Å². The third-order valence-corrected chi connectivity index (χ3v) is 3.78. The Morgan fingerprint density at radius 2 is 2.00 bits per heavy atom. The Balaban J connectivity index is 2.03. The molecule has 0 radical (unpaired) electrons. The van der Waals surface area contributed by atoms with Gasteiger partial charge in [0, 0.05) is 11.3 Å². The summed E-state index contributed by atoms with van der Waals surface area (Å²) in [6.45, 7) is 2.57. The van der Waals surface area contributed by atoms with Gasteiger partial charge in [-0.3, -0.25) is 0 Å². The van der Waals surface area contributed by atoms with Crippen LogP contribution >= 0.6 is 0 Å². The van der Waals surface area contributed by atoms with Gasteiger partial charge >= 0.3 is 5.97 Å². The van der Waals surface area contributed by atoms with E-state index in [0.29, 0.717) is 6.61 Å². The fraction of sp³-hybridized carbons (Fsp3) is 0.375. The summed E-state index contributed by atoms with van der Waals surface area (Å²) in [6.07, 6.45) is 3.79. The van der Waals surface area contributed by atoms with E-state index in [2.05, 4.69) is 5.10 Å². The molecular weight excluding hydrogens is 268 g/mol. The predicted molar refractivity (Wildman–Crippen MR) is 78.3 cm³/mol. The van der Waals surface area contributed by atoms with Crippen LogP contribution in [-0.2, 0) is 12.8 Å². The molecule has 3 rings (SSSR count). The number of rotatable bonds is 4. The van der Waals surface area contributed by atoms with Crippen molar-refractivity contribution in [1.29, 1.82) is 0 Å². The lowest BCUT2D eigenvalue weighted by Gasteiger charge is -2.14. The molecule has 0 atom stereocenters. The van der Waals surface area contributed by atoms with Gasteiger partial charge in [-0.05, 0) is 56.9 Å². The third-order valence-electron chi connectivity index (χ3n) is 3.78. The number of nitrogens with zero attached hydrogens (tertiary/aromatic N) is 2. The van der Waals surface area contributed by atoms with E-state index in [0.717, 1.165) is 48.4 Å². The molecule has 0 unspecified atom stereocenters. The highest BCUT2D eigenvalue weighted by Gasteiger charge is 2.25. The molecule has 1 aliphatic carbocycles. The molecule has 0 fully saturated rings. The lowest BCUT2D eigenvalue weighted by molar-refractivity contribution is 0.0688. The van der Waals surface area contributed by atoms with E-state index in [1.54, 1.807) is 4.68 Å². The van der Waals surface area contributed by atoms with Crippen molar-refractivity contribution in [3.63, 3.8) is 0 Å². The molecule has 0 bridgehead atoms. The highest BCUT2D eigenvalue weighted by molar-refractivity contribution is 5.87. The first-order chi connectivity index (χ1) is 10.2. The van der Waals surface area contributed by atoms with Gasteiger partial charge in [0.2, 0.25) is 0 Å². The number of carboxylic acids is 1. The summed E-state index contributed by atoms with van der Waals surface area (Å²) in [5, 5.41) is 13.6. The second kappa shape index (κ2) is 5.60. The van der Waals surface area contributed by atoms with E-state index in [9.17, 15) is 9.90 Å². The Hall–Kier alpha value is -2.30. The van der Waals surface area contributed by atoms with Crippen LogP contribution in [0.3, 0.4) is 0 Å². The summed E-state index contributed by atoms with van der Waals surface area (Å²) >= 11 is 0. The van der Waals surface area contributed by atoms with Crippen LogP contribution in [-0.4, -0.2) is 27.5 Å². The molecule has 1 aromatic carbocycles. The zero-order chi connectivity index (χ0) is 14.8. The molecule has 0 aliphatic heterocycles. The fourth-order valence-corrected chi connectivity index (χ4v) is 2.83. The molecule has 1 heterocycles. The molecule has 0 saturated heterocycles. The maximum atomic E-state index is 11.4. The number of carboxylic acid groups (broad SMARTS) is 1. The molecule has 0 spiro atoms. The lowest BCUT2D eigenvalue weighted by atomic mass is 9.95. The highest BCUT2D eigenvalue weighted by Crippen LogP contribution is 2.27. The van der Waals surface area contributed by atoms with E-state index in [1.807, 2.05) is 31.2 Å². The van der Waals surface area contributed by atoms with Crippen LogP contribution in [0, 0.1) is 0 Å². The van der Waals surface area contributed by atoms with Crippen molar-refractivity contribution in [3.8, 4) is 11.4 Å². The van der Waals surface area contributed by atoms with E-state index in [4.69, 9.17) is 4.74 Å². The van der Waals surface area contributed by atoms with Crippen molar-refractivity contribution in [2.45, 2.75) is 32.6 Å². The SMILES string of the molecule is CCOc1ccc(-n2nc(C(=O)O)c3c2CCCC3)cc1. The molecule has 1 aromatic heterocycles. The van der Waals surface area contributed by atoms with Crippen molar-refractivity contribution in [2.75, 3.05) is 6.61 Å². The molecule has 0 saturated carbocycles. The molecular formula is C16H18N2O3. The standard InChI is InChI=1S/C16H18N2O3/c1-2-21-12-9-7-11(8-10-12)18-14-6-4-3-5-13(14)15(17-18)16(19)20/h7-10H,2-6H2,1H3,(H,19,20). The molecule has 21 heavy (non-hydrogen) atoms. The minimum Gasteiger partial charge on any atom is -0.494 e. The molecule has 110 valence electrons. The summed E-state index contributed by atoms with van der Waals surface area (Å²) in [7, 11) is 0. The van der Waals surface area contributed by atoms with Crippen LogP contribution in [0.25, 0.3) is 5.69 Å². The minimum absolute atomic E-state index is 0.193.